The number of hydrazine groups is 1. The Labute approximate surface area is 149 Å². The van der Waals surface area contributed by atoms with Crippen LogP contribution in [0.4, 0.5) is 0 Å². The van der Waals surface area contributed by atoms with E-state index in [-0.39, 0.29) is 35.7 Å². The summed E-state index contributed by atoms with van der Waals surface area (Å²) in [4.78, 5) is 24.2. The molecule has 0 spiro atoms. The Morgan fingerprint density at radius 3 is 2.52 bits per heavy atom. The number of aryl methyl sites for hydroxylation is 2. The van der Waals surface area contributed by atoms with Crippen LogP contribution < -0.4 is 15.6 Å². The van der Waals surface area contributed by atoms with Crippen molar-refractivity contribution in [2.45, 2.75) is 41.5 Å². The molecule has 0 aromatic heterocycles. The van der Waals surface area contributed by atoms with Crippen LogP contribution in [0, 0.1) is 31.1 Å². The van der Waals surface area contributed by atoms with Crippen molar-refractivity contribution < 1.29 is 14.3 Å². The lowest BCUT2D eigenvalue weighted by atomic mass is 10.1. The first-order valence-electron chi connectivity index (χ1n) is 8.56. The van der Waals surface area contributed by atoms with Crippen LogP contribution in [0.15, 0.2) is 29.8 Å². The molecule has 2 atom stereocenters. The van der Waals surface area contributed by atoms with E-state index in [1.807, 2.05) is 45.9 Å². The number of carbonyl (C=O) groups is 2. The van der Waals surface area contributed by atoms with E-state index < -0.39 is 0 Å². The van der Waals surface area contributed by atoms with Crippen LogP contribution in [0.5, 0.6) is 5.75 Å². The molecular weight excluding hydrogens is 316 g/mol. The average molecular weight is 344 g/mol. The fourth-order valence-corrected chi connectivity index (χ4v) is 3.10. The fraction of sp³-hybridized carbons (Fsp3) is 0.500. The number of carbonyl (C=O) groups excluding carboxylic acids is 2. The quantitative estimate of drug-likeness (QED) is 0.637. The Bertz CT molecular complexity index is 703. The van der Waals surface area contributed by atoms with E-state index >= 15 is 0 Å². The number of hydrogen-bond acceptors (Lipinski definition) is 3. The second kappa shape index (κ2) is 7.30. The van der Waals surface area contributed by atoms with Gasteiger partial charge in [-0.05, 0) is 56.2 Å². The van der Waals surface area contributed by atoms with Gasteiger partial charge in [0.15, 0.2) is 6.61 Å². The van der Waals surface area contributed by atoms with Crippen LogP contribution >= 0.6 is 0 Å². The normalized spacial score (nSPS) is 20.4. The number of allylic oxidation sites excluding steroid dienone is 2. The maximum absolute atomic E-state index is 12.3. The minimum atomic E-state index is -0.383. The van der Waals surface area contributed by atoms with Crippen LogP contribution in [0.1, 0.15) is 38.8 Å². The molecule has 0 saturated heterocycles. The largest absolute Gasteiger partial charge is 0.483 e. The smallest absolute Gasteiger partial charge is 0.276 e. The van der Waals surface area contributed by atoms with Crippen LogP contribution in [0.2, 0.25) is 0 Å². The predicted octanol–water partition coefficient (Wildman–Crippen LogP) is 3.07. The van der Waals surface area contributed by atoms with Gasteiger partial charge in [0.1, 0.15) is 5.75 Å². The van der Waals surface area contributed by atoms with Crippen molar-refractivity contribution in [1.82, 2.24) is 10.9 Å². The maximum atomic E-state index is 12.3. The third-order valence-electron chi connectivity index (χ3n) is 4.73. The molecule has 0 heterocycles. The lowest BCUT2D eigenvalue weighted by Gasteiger charge is -2.11. The molecule has 0 aliphatic heterocycles. The van der Waals surface area contributed by atoms with Crippen molar-refractivity contribution >= 4 is 11.8 Å². The minimum Gasteiger partial charge on any atom is -0.483 e. The van der Waals surface area contributed by atoms with Gasteiger partial charge in [-0.25, -0.2) is 0 Å². The van der Waals surface area contributed by atoms with Crippen LogP contribution in [-0.4, -0.2) is 18.4 Å². The lowest BCUT2D eigenvalue weighted by Crippen LogP contribution is -2.45. The standard InChI is InChI=1S/C20H28N2O3/c1-12(2)9-15-18(20(15,5)6)19(24)22-21-17(23)11-25-16-10-13(3)7-8-14(16)4/h7-10,15,18H,11H2,1-6H3,(H,21,23)(H,22,24). The molecule has 1 fully saturated rings. The summed E-state index contributed by atoms with van der Waals surface area (Å²) in [5, 5.41) is 0. The molecule has 2 rings (SSSR count). The first kappa shape index (κ1) is 19.0. The zero-order valence-electron chi connectivity index (χ0n) is 15.9. The van der Waals surface area contributed by atoms with Gasteiger partial charge >= 0.3 is 0 Å². The second-order valence-electron chi connectivity index (χ2n) is 7.66. The number of amides is 2. The van der Waals surface area contributed by atoms with Crippen molar-refractivity contribution in [2.75, 3.05) is 6.61 Å². The highest BCUT2D eigenvalue weighted by Gasteiger charge is 2.60. The van der Waals surface area contributed by atoms with Gasteiger partial charge < -0.3 is 4.74 Å². The number of ether oxygens (including phenoxy) is 1. The topological polar surface area (TPSA) is 67.4 Å². The second-order valence-corrected chi connectivity index (χ2v) is 7.66. The molecule has 1 aliphatic rings. The third-order valence-corrected chi connectivity index (χ3v) is 4.73. The molecule has 5 nitrogen and oxygen atoms in total. The molecular formula is C20H28N2O3. The van der Waals surface area contributed by atoms with Crippen molar-refractivity contribution in [3.63, 3.8) is 0 Å². The number of nitrogens with one attached hydrogen (secondary N) is 2. The monoisotopic (exact) mass is 344 g/mol. The number of benzene rings is 1. The van der Waals surface area contributed by atoms with E-state index in [2.05, 4.69) is 30.8 Å². The van der Waals surface area contributed by atoms with Crippen molar-refractivity contribution in [1.29, 1.82) is 0 Å². The van der Waals surface area contributed by atoms with E-state index in [9.17, 15) is 9.59 Å². The van der Waals surface area contributed by atoms with Crippen molar-refractivity contribution in [3.05, 3.63) is 41.0 Å². The Hall–Kier alpha value is -2.30. The molecule has 136 valence electrons. The fourth-order valence-electron chi connectivity index (χ4n) is 3.10. The molecule has 25 heavy (non-hydrogen) atoms. The van der Waals surface area contributed by atoms with E-state index in [1.54, 1.807) is 0 Å². The summed E-state index contributed by atoms with van der Waals surface area (Å²) in [5.41, 5.74) is 8.10. The molecule has 0 bridgehead atoms. The summed E-state index contributed by atoms with van der Waals surface area (Å²) in [6.45, 7) is 11.9. The Kier molecular flexibility index (Phi) is 5.55. The zero-order chi connectivity index (χ0) is 18.8. The summed E-state index contributed by atoms with van der Waals surface area (Å²) in [5.74, 6) is 0.218. The molecule has 2 N–H and O–H groups in total. The third kappa shape index (κ3) is 4.62. The lowest BCUT2D eigenvalue weighted by molar-refractivity contribution is -0.131. The highest BCUT2D eigenvalue weighted by Crippen LogP contribution is 2.59. The van der Waals surface area contributed by atoms with Crippen LogP contribution in [0.3, 0.4) is 0 Å². The SMILES string of the molecule is CC(C)=CC1C(C(=O)NNC(=O)COc2cc(C)ccc2C)C1(C)C. The minimum absolute atomic E-state index is 0.0821. The van der Waals surface area contributed by atoms with E-state index in [4.69, 9.17) is 4.74 Å². The van der Waals surface area contributed by atoms with Gasteiger partial charge in [-0.2, -0.15) is 0 Å². The highest BCUT2D eigenvalue weighted by atomic mass is 16.5. The first-order valence-corrected chi connectivity index (χ1v) is 8.56. The summed E-state index contributed by atoms with van der Waals surface area (Å²) in [6, 6.07) is 5.82. The number of hydrogen-bond donors (Lipinski definition) is 2. The highest BCUT2D eigenvalue weighted by molar-refractivity contribution is 5.86. The summed E-state index contributed by atoms with van der Waals surface area (Å²) in [6.07, 6.45) is 2.12. The van der Waals surface area contributed by atoms with Gasteiger partial charge in [-0.1, -0.05) is 37.6 Å². The summed E-state index contributed by atoms with van der Waals surface area (Å²) < 4.78 is 5.53. The van der Waals surface area contributed by atoms with Gasteiger partial charge in [0.2, 0.25) is 5.91 Å². The van der Waals surface area contributed by atoms with E-state index in [0.717, 1.165) is 11.1 Å². The van der Waals surface area contributed by atoms with Crippen molar-refractivity contribution in [3.8, 4) is 5.75 Å². The molecule has 1 aromatic rings. The Morgan fingerprint density at radius 2 is 1.88 bits per heavy atom. The molecule has 1 aromatic carbocycles. The molecule has 2 unspecified atom stereocenters. The first-order chi connectivity index (χ1) is 11.6. The van der Waals surface area contributed by atoms with Gasteiger partial charge in [0.25, 0.3) is 5.91 Å². The van der Waals surface area contributed by atoms with Gasteiger partial charge in [0.05, 0.1) is 5.92 Å². The zero-order valence-corrected chi connectivity index (χ0v) is 15.9. The molecule has 5 heteroatoms. The van der Waals surface area contributed by atoms with Gasteiger partial charge in [-0.3, -0.25) is 20.4 Å². The van der Waals surface area contributed by atoms with Crippen molar-refractivity contribution in [2.24, 2.45) is 17.3 Å². The number of rotatable bonds is 5. The van der Waals surface area contributed by atoms with Crippen LogP contribution in [-0.2, 0) is 9.59 Å². The Morgan fingerprint density at radius 1 is 1.20 bits per heavy atom. The van der Waals surface area contributed by atoms with Gasteiger partial charge in [-0.15, -0.1) is 0 Å². The molecule has 1 aliphatic carbocycles. The van der Waals surface area contributed by atoms with E-state index in [0.29, 0.717) is 5.75 Å². The van der Waals surface area contributed by atoms with E-state index in [1.165, 1.54) is 5.57 Å². The molecule has 2 amide bonds. The predicted molar refractivity (Wildman–Crippen MR) is 97.9 cm³/mol. The Balaban J connectivity index is 1.81. The molecule has 0 radical (unpaired) electrons. The maximum Gasteiger partial charge on any atom is 0.276 e. The summed E-state index contributed by atoms with van der Waals surface area (Å²) in [7, 11) is 0. The summed E-state index contributed by atoms with van der Waals surface area (Å²) >= 11 is 0. The van der Waals surface area contributed by atoms with Crippen LogP contribution in [0.25, 0.3) is 0 Å². The van der Waals surface area contributed by atoms with Gasteiger partial charge in [0, 0.05) is 0 Å². The average Bonchev–Trinajstić information content (AvgIpc) is 3.05. The molecule has 1 saturated carbocycles.